The molecule has 0 aliphatic heterocycles. The van der Waals surface area contributed by atoms with Crippen LogP contribution in [0.1, 0.15) is 239 Å². The zero-order chi connectivity index (χ0) is 48.4. The van der Waals surface area contributed by atoms with Gasteiger partial charge < -0.3 is 28.5 Å². The van der Waals surface area contributed by atoms with Crippen molar-refractivity contribution in [3.63, 3.8) is 0 Å². The number of esters is 2. The van der Waals surface area contributed by atoms with Gasteiger partial charge in [-0.3, -0.25) is 9.59 Å². The van der Waals surface area contributed by atoms with Crippen LogP contribution in [0.15, 0.2) is 48.6 Å². The van der Waals surface area contributed by atoms with Gasteiger partial charge >= 0.3 is 17.9 Å². The Morgan fingerprint density at radius 3 is 1.26 bits per heavy atom. The van der Waals surface area contributed by atoms with Gasteiger partial charge in [0, 0.05) is 12.8 Å². The smallest absolute Gasteiger partial charge is 0.361 e. The fourth-order valence-corrected chi connectivity index (χ4v) is 7.54. The molecule has 0 aromatic carbocycles. The topological polar surface area (TPSA) is 108 Å². The Kier molecular flexibility index (Phi) is 46.7. The Morgan fingerprint density at radius 2 is 0.818 bits per heavy atom. The van der Waals surface area contributed by atoms with E-state index in [2.05, 4.69) is 62.5 Å². The standard InChI is InChI=1S/C57H103NO8/c1-6-8-10-12-14-16-18-20-21-22-23-24-25-26-27-28-29-30-31-32-33-34-35-36-38-40-42-44-46-48-55(60)66-53(52-65-57(56(61)62)63-50-49-58(3,4)5)51-64-54(59)47-45-43-41-39-37-19-17-15-13-11-9-7-2/h15,17-18,20,22-23,25-26,53,57H,6-14,16,19,21,24,27-52H2,1-5H3/p+1/b17-15-,20-18-,23-22-,26-25-. The lowest BCUT2D eigenvalue weighted by Crippen LogP contribution is -2.40. The molecule has 0 aromatic heterocycles. The molecule has 0 bridgehead atoms. The Morgan fingerprint density at radius 1 is 0.455 bits per heavy atom. The lowest BCUT2D eigenvalue weighted by Gasteiger charge is -2.25. The minimum Gasteiger partial charge on any atom is -0.477 e. The van der Waals surface area contributed by atoms with E-state index < -0.39 is 24.3 Å². The minimum absolute atomic E-state index is 0.186. The van der Waals surface area contributed by atoms with Crippen molar-refractivity contribution in [2.75, 3.05) is 47.5 Å². The van der Waals surface area contributed by atoms with E-state index in [1.165, 1.54) is 141 Å². The molecule has 0 aliphatic carbocycles. The van der Waals surface area contributed by atoms with Crippen molar-refractivity contribution in [3.8, 4) is 0 Å². The number of carboxylic acid groups (broad SMARTS) is 1. The van der Waals surface area contributed by atoms with E-state index in [9.17, 15) is 19.5 Å². The van der Waals surface area contributed by atoms with E-state index in [1.54, 1.807) is 0 Å². The summed E-state index contributed by atoms with van der Waals surface area (Å²) in [6, 6.07) is 0. The Hall–Kier alpha value is -2.75. The summed E-state index contributed by atoms with van der Waals surface area (Å²) in [6.45, 7) is 4.84. The molecule has 9 heteroatoms. The van der Waals surface area contributed by atoms with Crippen LogP contribution in [0.5, 0.6) is 0 Å². The predicted octanol–water partition coefficient (Wildman–Crippen LogP) is 15.5. The Labute approximate surface area is 406 Å². The van der Waals surface area contributed by atoms with Gasteiger partial charge in [-0.25, -0.2) is 4.79 Å². The van der Waals surface area contributed by atoms with Crippen LogP contribution in [-0.4, -0.2) is 87.4 Å². The number of carbonyl (C=O) groups is 3. The highest BCUT2D eigenvalue weighted by Gasteiger charge is 2.25. The molecule has 0 saturated carbocycles. The second-order valence-corrected chi connectivity index (χ2v) is 19.5. The lowest BCUT2D eigenvalue weighted by atomic mass is 10.0. The van der Waals surface area contributed by atoms with Crippen LogP contribution in [0.4, 0.5) is 0 Å². The summed E-state index contributed by atoms with van der Waals surface area (Å²) in [5, 5.41) is 9.67. The SMILES string of the molecule is CCCCC/C=C\CCCCCCCC(=O)OCC(COC(OCC[N+](C)(C)C)C(=O)O)OC(=O)CCCCCCCCCCCCCCCC/C=C\C/C=C\C/C=C\CCCCCCC. The number of ether oxygens (including phenoxy) is 4. The number of unbranched alkanes of at least 4 members (excludes halogenated alkanes) is 27. The molecule has 0 heterocycles. The number of hydrogen-bond donors (Lipinski definition) is 1. The van der Waals surface area contributed by atoms with E-state index in [-0.39, 0.29) is 32.2 Å². The van der Waals surface area contributed by atoms with Crippen molar-refractivity contribution in [3.05, 3.63) is 48.6 Å². The highest BCUT2D eigenvalue weighted by atomic mass is 16.7. The second-order valence-electron chi connectivity index (χ2n) is 19.5. The summed E-state index contributed by atoms with van der Waals surface area (Å²) >= 11 is 0. The predicted molar refractivity (Wildman–Crippen MR) is 277 cm³/mol. The van der Waals surface area contributed by atoms with Crippen molar-refractivity contribution in [1.29, 1.82) is 0 Å². The van der Waals surface area contributed by atoms with Crippen LogP contribution < -0.4 is 0 Å². The molecule has 2 atom stereocenters. The number of carbonyl (C=O) groups excluding carboxylic acids is 2. The molecular formula is C57H104NO8+. The Bertz CT molecular complexity index is 1220. The summed E-state index contributed by atoms with van der Waals surface area (Å²) in [5.41, 5.74) is 0. The van der Waals surface area contributed by atoms with Gasteiger partial charge in [-0.05, 0) is 77.0 Å². The second kappa shape index (κ2) is 48.7. The molecule has 0 saturated heterocycles. The maximum Gasteiger partial charge on any atom is 0.361 e. The largest absolute Gasteiger partial charge is 0.477 e. The van der Waals surface area contributed by atoms with E-state index >= 15 is 0 Å². The van der Waals surface area contributed by atoms with Gasteiger partial charge in [-0.2, -0.15) is 0 Å². The van der Waals surface area contributed by atoms with Gasteiger partial charge in [0.15, 0.2) is 6.10 Å². The van der Waals surface area contributed by atoms with Crippen LogP contribution in [0.2, 0.25) is 0 Å². The number of allylic oxidation sites excluding steroid dienone is 8. The quantitative estimate of drug-likeness (QED) is 0.0211. The average molecular weight is 931 g/mol. The van der Waals surface area contributed by atoms with E-state index in [4.69, 9.17) is 18.9 Å². The third kappa shape index (κ3) is 49.2. The fraction of sp³-hybridized carbons (Fsp3) is 0.807. The summed E-state index contributed by atoms with van der Waals surface area (Å²) in [7, 11) is 5.96. The highest BCUT2D eigenvalue weighted by molar-refractivity contribution is 5.71. The molecular weight excluding hydrogens is 827 g/mol. The molecule has 0 fully saturated rings. The van der Waals surface area contributed by atoms with Crippen LogP contribution in [-0.2, 0) is 33.3 Å². The maximum absolute atomic E-state index is 12.8. The van der Waals surface area contributed by atoms with E-state index in [1.807, 2.05) is 21.1 Å². The first kappa shape index (κ1) is 63.2. The molecule has 9 nitrogen and oxygen atoms in total. The van der Waals surface area contributed by atoms with Crippen LogP contribution in [0.3, 0.4) is 0 Å². The van der Waals surface area contributed by atoms with Gasteiger partial charge in [0.1, 0.15) is 13.2 Å². The van der Waals surface area contributed by atoms with Crippen molar-refractivity contribution in [1.82, 2.24) is 0 Å². The number of hydrogen-bond acceptors (Lipinski definition) is 7. The molecule has 0 aliphatic rings. The van der Waals surface area contributed by atoms with Crippen LogP contribution in [0.25, 0.3) is 0 Å². The van der Waals surface area contributed by atoms with Gasteiger partial charge in [0.25, 0.3) is 6.29 Å². The van der Waals surface area contributed by atoms with Crippen LogP contribution >= 0.6 is 0 Å². The molecule has 0 radical (unpaired) electrons. The monoisotopic (exact) mass is 931 g/mol. The molecule has 0 spiro atoms. The number of likely N-dealkylation sites (N-methyl/N-ethyl adjacent to an activating group) is 1. The van der Waals surface area contributed by atoms with Gasteiger partial charge in [-0.15, -0.1) is 0 Å². The first-order chi connectivity index (χ1) is 32.1. The molecule has 0 aromatic rings. The number of nitrogens with zero attached hydrogens (tertiary/aromatic N) is 1. The van der Waals surface area contributed by atoms with Gasteiger partial charge in [0.05, 0.1) is 34.4 Å². The number of rotatable bonds is 50. The summed E-state index contributed by atoms with van der Waals surface area (Å²) in [5.74, 6) is -2.01. The van der Waals surface area contributed by atoms with E-state index in [0.717, 1.165) is 70.6 Å². The Balaban J connectivity index is 4.17. The molecule has 2 unspecified atom stereocenters. The van der Waals surface area contributed by atoms with Crippen LogP contribution in [0, 0.1) is 0 Å². The molecule has 66 heavy (non-hydrogen) atoms. The fourth-order valence-electron chi connectivity index (χ4n) is 7.54. The summed E-state index contributed by atoms with van der Waals surface area (Å²) < 4.78 is 22.8. The molecule has 0 rings (SSSR count). The normalized spacial score (nSPS) is 13.2. The number of aliphatic carboxylic acids is 1. The summed E-state index contributed by atoms with van der Waals surface area (Å²) in [4.78, 5) is 37.2. The maximum atomic E-state index is 12.8. The molecule has 384 valence electrons. The minimum atomic E-state index is -1.51. The summed E-state index contributed by atoms with van der Waals surface area (Å²) in [6.07, 6.45) is 56.2. The zero-order valence-corrected chi connectivity index (χ0v) is 43.6. The molecule has 0 amide bonds. The lowest BCUT2D eigenvalue weighted by molar-refractivity contribution is -0.870. The first-order valence-corrected chi connectivity index (χ1v) is 27.3. The molecule has 1 N–H and O–H groups in total. The highest BCUT2D eigenvalue weighted by Crippen LogP contribution is 2.16. The zero-order valence-electron chi connectivity index (χ0n) is 43.6. The van der Waals surface area contributed by atoms with Gasteiger partial charge in [-0.1, -0.05) is 197 Å². The van der Waals surface area contributed by atoms with Crippen molar-refractivity contribution in [2.24, 2.45) is 0 Å². The number of quaternary nitrogens is 1. The third-order valence-corrected chi connectivity index (χ3v) is 11.8. The van der Waals surface area contributed by atoms with Crippen molar-refractivity contribution >= 4 is 17.9 Å². The average Bonchev–Trinajstić information content (AvgIpc) is 3.28. The third-order valence-electron chi connectivity index (χ3n) is 11.8. The van der Waals surface area contributed by atoms with Crippen molar-refractivity contribution in [2.45, 2.75) is 251 Å². The number of carboxylic acids is 1. The van der Waals surface area contributed by atoms with Crippen molar-refractivity contribution < 1.29 is 42.9 Å². The first-order valence-electron chi connectivity index (χ1n) is 27.3. The van der Waals surface area contributed by atoms with E-state index in [0.29, 0.717) is 17.4 Å². The van der Waals surface area contributed by atoms with Gasteiger partial charge in [0.2, 0.25) is 0 Å².